The van der Waals surface area contributed by atoms with Gasteiger partial charge in [0.25, 0.3) is 0 Å². The van der Waals surface area contributed by atoms with Crippen molar-refractivity contribution in [1.29, 1.82) is 0 Å². The van der Waals surface area contributed by atoms with Crippen LogP contribution < -0.4 is 15.0 Å². The summed E-state index contributed by atoms with van der Waals surface area (Å²) in [5, 5.41) is 3.29. The van der Waals surface area contributed by atoms with E-state index >= 15 is 0 Å². The molecule has 1 aromatic carbocycles. The molecule has 4 nitrogen and oxygen atoms in total. The predicted octanol–water partition coefficient (Wildman–Crippen LogP) is 1.54. The van der Waals surface area contributed by atoms with E-state index in [1.54, 1.807) is 7.11 Å². The second kappa shape index (κ2) is 5.54. The summed E-state index contributed by atoms with van der Waals surface area (Å²) >= 11 is 0. The van der Waals surface area contributed by atoms with Gasteiger partial charge in [0.2, 0.25) is 0 Å². The number of fused-ring (bicyclic) bond motifs is 3. The van der Waals surface area contributed by atoms with Crippen molar-refractivity contribution in [3.8, 4) is 5.75 Å². The molecule has 0 unspecified atom stereocenters. The minimum atomic E-state index is -0.838. The lowest BCUT2D eigenvalue weighted by molar-refractivity contribution is 0.0744. The fraction of sp³-hybridized carbons (Fsp3) is 0.571. The first-order chi connectivity index (χ1) is 9.70. The second-order valence-corrected chi connectivity index (χ2v) is 5.19. The molecular formula is C14H18F2N2O2. The van der Waals surface area contributed by atoms with Gasteiger partial charge in [-0.25, -0.2) is 8.78 Å². The molecule has 2 heterocycles. The zero-order chi connectivity index (χ0) is 14.1. The Morgan fingerprint density at radius 2 is 2.30 bits per heavy atom. The van der Waals surface area contributed by atoms with E-state index in [2.05, 4.69) is 5.32 Å². The quantitative estimate of drug-likeness (QED) is 0.893. The Morgan fingerprint density at radius 3 is 3.10 bits per heavy atom. The summed E-state index contributed by atoms with van der Waals surface area (Å²) in [6.45, 7) is 2.56. The zero-order valence-corrected chi connectivity index (χ0v) is 11.4. The van der Waals surface area contributed by atoms with Gasteiger partial charge in [0.15, 0.2) is 11.6 Å². The largest absolute Gasteiger partial charge is 0.486 e. The van der Waals surface area contributed by atoms with E-state index in [-0.39, 0.29) is 17.8 Å². The number of halogens is 2. The lowest BCUT2D eigenvalue weighted by Crippen LogP contribution is -2.52. The number of nitrogens with zero attached hydrogens (tertiary/aromatic N) is 1. The Kier molecular flexibility index (Phi) is 3.76. The number of rotatable bonds is 2. The third kappa shape index (κ3) is 2.33. The van der Waals surface area contributed by atoms with Gasteiger partial charge in [0, 0.05) is 39.2 Å². The Hall–Kier alpha value is -1.40. The summed E-state index contributed by atoms with van der Waals surface area (Å²) in [6.07, 6.45) is 0.565. The number of ether oxygens (including phenoxy) is 2. The fourth-order valence-corrected chi connectivity index (χ4v) is 2.97. The molecule has 20 heavy (non-hydrogen) atoms. The fourth-order valence-electron chi connectivity index (χ4n) is 2.97. The second-order valence-electron chi connectivity index (χ2n) is 5.19. The molecule has 1 N–H and O–H groups in total. The smallest absolute Gasteiger partial charge is 0.185 e. The number of anilines is 1. The monoisotopic (exact) mass is 284 g/mol. The molecule has 1 saturated heterocycles. The van der Waals surface area contributed by atoms with Crippen molar-refractivity contribution in [2.24, 2.45) is 0 Å². The maximum Gasteiger partial charge on any atom is 0.185 e. The molecule has 2 atom stereocenters. The standard InChI is InChI=1S/C14H18F2N2O2/c1-19-8-10-6-9-7-17-4-5-18(9)14-12(20-10)3-2-11(15)13(14)16/h2-3,9-10,17H,4-8H2,1H3/t9-,10+/m1/s1. The highest BCUT2D eigenvalue weighted by molar-refractivity contribution is 5.61. The number of nitrogens with one attached hydrogen (secondary N) is 1. The van der Waals surface area contributed by atoms with Gasteiger partial charge in [-0.3, -0.25) is 0 Å². The first-order valence-corrected chi connectivity index (χ1v) is 6.81. The van der Waals surface area contributed by atoms with Gasteiger partial charge in [0.05, 0.1) is 6.61 Å². The number of hydrogen-bond acceptors (Lipinski definition) is 4. The van der Waals surface area contributed by atoms with Crippen LogP contribution in [0.2, 0.25) is 0 Å². The highest BCUT2D eigenvalue weighted by Crippen LogP contribution is 2.38. The molecule has 2 aliphatic rings. The topological polar surface area (TPSA) is 33.7 Å². The number of methoxy groups -OCH3 is 1. The number of piperazine rings is 1. The molecule has 0 aromatic heterocycles. The van der Waals surface area contributed by atoms with E-state index in [4.69, 9.17) is 9.47 Å². The van der Waals surface area contributed by atoms with Crippen molar-refractivity contribution < 1.29 is 18.3 Å². The zero-order valence-electron chi connectivity index (χ0n) is 11.4. The minimum Gasteiger partial charge on any atom is -0.486 e. The molecule has 3 rings (SSSR count). The molecule has 0 bridgehead atoms. The average Bonchev–Trinajstić information content (AvgIpc) is 2.60. The van der Waals surface area contributed by atoms with Crippen molar-refractivity contribution in [2.75, 3.05) is 38.3 Å². The van der Waals surface area contributed by atoms with Crippen LogP contribution >= 0.6 is 0 Å². The summed E-state index contributed by atoms with van der Waals surface area (Å²) in [6, 6.07) is 2.70. The summed E-state index contributed by atoms with van der Waals surface area (Å²) in [4.78, 5) is 1.92. The normalized spacial score (nSPS) is 25.4. The summed E-state index contributed by atoms with van der Waals surface area (Å²) in [5.74, 6) is -1.27. The van der Waals surface area contributed by atoms with Gasteiger partial charge in [0.1, 0.15) is 17.5 Å². The molecule has 0 radical (unpaired) electrons. The van der Waals surface area contributed by atoms with E-state index in [0.717, 1.165) is 25.6 Å². The maximum atomic E-state index is 14.2. The maximum absolute atomic E-state index is 14.2. The molecule has 6 heteroatoms. The highest BCUT2D eigenvalue weighted by atomic mass is 19.2. The van der Waals surface area contributed by atoms with Crippen LogP contribution in [-0.2, 0) is 4.74 Å². The van der Waals surface area contributed by atoms with Crippen LogP contribution in [-0.4, -0.2) is 45.5 Å². The van der Waals surface area contributed by atoms with Gasteiger partial charge in [-0.05, 0) is 12.1 Å². The van der Waals surface area contributed by atoms with E-state index in [1.807, 2.05) is 4.90 Å². The van der Waals surface area contributed by atoms with Gasteiger partial charge < -0.3 is 19.7 Å². The van der Waals surface area contributed by atoms with E-state index in [9.17, 15) is 8.78 Å². The Labute approximate surface area is 116 Å². The van der Waals surface area contributed by atoms with Crippen molar-refractivity contribution >= 4 is 5.69 Å². The molecule has 1 aromatic rings. The third-order valence-corrected chi connectivity index (χ3v) is 3.85. The first-order valence-electron chi connectivity index (χ1n) is 6.81. The lowest BCUT2D eigenvalue weighted by Gasteiger charge is -2.37. The van der Waals surface area contributed by atoms with E-state index in [0.29, 0.717) is 18.9 Å². The molecule has 1 fully saturated rings. The SMILES string of the molecule is COC[C@@H]1C[C@@H]2CNCCN2c2c(ccc(F)c2F)O1. The highest BCUT2D eigenvalue weighted by Gasteiger charge is 2.34. The van der Waals surface area contributed by atoms with Crippen LogP contribution in [0, 0.1) is 11.6 Å². The van der Waals surface area contributed by atoms with Crippen LogP contribution in [0.5, 0.6) is 5.75 Å². The molecule has 0 spiro atoms. The van der Waals surface area contributed by atoms with Crippen molar-refractivity contribution in [3.05, 3.63) is 23.8 Å². The van der Waals surface area contributed by atoms with Crippen LogP contribution in [0.3, 0.4) is 0 Å². The average molecular weight is 284 g/mol. The predicted molar refractivity (Wildman–Crippen MR) is 71.3 cm³/mol. The van der Waals surface area contributed by atoms with Crippen molar-refractivity contribution in [1.82, 2.24) is 5.32 Å². The Balaban J connectivity index is 2.03. The van der Waals surface area contributed by atoms with Crippen LogP contribution in [0.25, 0.3) is 0 Å². The first kappa shape index (κ1) is 13.6. The van der Waals surface area contributed by atoms with Crippen molar-refractivity contribution in [2.45, 2.75) is 18.6 Å². The number of benzene rings is 1. The van der Waals surface area contributed by atoms with Crippen LogP contribution in [0.4, 0.5) is 14.5 Å². The molecule has 2 aliphatic heterocycles. The molecule has 0 saturated carbocycles. The summed E-state index contributed by atoms with van der Waals surface area (Å²) < 4.78 is 38.7. The number of hydrogen-bond donors (Lipinski definition) is 1. The van der Waals surface area contributed by atoms with Gasteiger partial charge in [-0.1, -0.05) is 0 Å². The van der Waals surface area contributed by atoms with Gasteiger partial charge in [-0.15, -0.1) is 0 Å². The van der Waals surface area contributed by atoms with Crippen LogP contribution in [0.1, 0.15) is 6.42 Å². The third-order valence-electron chi connectivity index (χ3n) is 3.85. The summed E-state index contributed by atoms with van der Waals surface area (Å²) in [5.41, 5.74) is 0.245. The Bertz CT molecular complexity index is 498. The summed E-state index contributed by atoms with van der Waals surface area (Å²) in [7, 11) is 1.61. The Morgan fingerprint density at radius 1 is 1.45 bits per heavy atom. The van der Waals surface area contributed by atoms with E-state index < -0.39 is 11.6 Å². The molecule has 0 aliphatic carbocycles. The molecular weight excluding hydrogens is 266 g/mol. The molecule has 0 amide bonds. The van der Waals surface area contributed by atoms with Gasteiger partial charge >= 0.3 is 0 Å². The van der Waals surface area contributed by atoms with Crippen molar-refractivity contribution in [3.63, 3.8) is 0 Å². The van der Waals surface area contributed by atoms with Crippen LogP contribution in [0.15, 0.2) is 12.1 Å². The molecule has 110 valence electrons. The lowest BCUT2D eigenvalue weighted by atomic mass is 10.1. The minimum absolute atomic E-state index is 0.0847. The van der Waals surface area contributed by atoms with Gasteiger partial charge in [-0.2, -0.15) is 0 Å². The van der Waals surface area contributed by atoms with E-state index in [1.165, 1.54) is 6.07 Å².